The highest BCUT2D eigenvalue weighted by Crippen LogP contribution is 2.24. The average molecular weight is 361 g/mol. The van der Waals surface area contributed by atoms with Crippen molar-refractivity contribution in [1.82, 2.24) is 15.3 Å². The van der Waals surface area contributed by atoms with Crippen LogP contribution in [0.15, 0.2) is 36.5 Å². The largest absolute Gasteiger partial charge is 0.383 e. The van der Waals surface area contributed by atoms with Gasteiger partial charge < -0.3 is 15.4 Å². The Hall–Kier alpha value is -2.74. The number of ether oxygens (including phenoxy) is 1. The minimum Gasteiger partial charge on any atom is -0.383 e. The minimum absolute atomic E-state index is 0.00318. The molecule has 0 aliphatic rings. The fraction of sp³-hybridized carbons (Fsp3) is 0.389. The smallest absolute Gasteiger partial charge is 0.327 e. The van der Waals surface area contributed by atoms with Crippen molar-refractivity contribution in [2.45, 2.75) is 26.3 Å². The summed E-state index contributed by atoms with van der Waals surface area (Å²) in [6, 6.07) is 6.96. The predicted octanol–water partition coefficient (Wildman–Crippen LogP) is 3.32. The van der Waals surface area contributed by atoms with E-state index < -0.39 is 0 Å². The van der Waals surface area contributed by atoms with E-state index in [4.69, 9.17) is 4.74 Å². The van der Waals surface area contributed by atoms with E-state index in [1.165, 1.54) is 29.2 Å². The van der Waals surface area contributed by atoms with Crippen LogP contribution in [-0.4, -0.2) is 42.3 Å². The number of nitrogens with zero attached hydrogens (tertiary/aromatic N) is 3. The zero-order chi connectivity index (χ0) is 18.9. The quantitative estimate of drug-likeness (QED) is 0.754. The number of nitrogens with one attached hydrogen (secondary N) is 2. The summed E-state index contributed by atoms with van der Waals surface area (Å²) in [4.78, 5) is 22.6. The molecule has 2 amide bonds. The number of anilines is 3. The number of benzene rings is 1. The lowest BCUT2D eigenvalue weighted by Gasteiger charge is -2.23. The molecule has 0 bridgehead atoms. The zero-order valence-corrected chi connectivity index (χ0v) is 15.2. The molecule has 0 radical (unpaired) electrons. The van der Waals surface area contributed by atoms with Crippen LogP contribution in [-0.2, 0) is 4.74 Å². The van der Waals surface area contributed by atoms with Gasteiger partial charge in [-0.2, -0.15) is 4.98 Å². The van der Waals surface area contributed by atoms with Crippen LogP contribution in [0.3, 0.4) is 0 Å². The lowest BCUT2D eigenvalue weighted by atomic mass is 10.3. The van der Waals surface area contributed by atoms with Gasteiger partial charge in [-0.25, -0.2) is 19.1 Å². The summed E-state index contributed by atoms with van der Waals surface area (Å²) in [6.45, 7) is 4.92. The average Bonchev–Trinajstić information content (AvgIpc) is 2.62. The molecule has 26 heavy (non-hydrogen) atoms. The third kappa shape index (κ3) is 5.38. The van der Waals surface area contributed by atoms with Gasteiger partial charge in [0, 0.05) is 32.0 Å². The van der Waals surface area contributed by atoms with Gasteiger partial charge in [0.15, 0.2) is 0 Å². The Kier molecular flexibility index (Phi) is 7.28. The Balaban J connectivity index is 2.32. The summed E-state index contributed by atoms with van der Waals surface area (Å²) < 4.78 is 18.4. The fourth-order valence-electron chi connectivity index (χ4n) is 2.31. The maximum Gasteiger partial charge on any atom is 0.327 e. The van der Waals surface area contributed by atoms with Crippen molar-refractivity contribution in [2.75, 3.05) is 30.5 Å². The highest BCUT2D eigenvalue weighted by Gasteiger charge is 2.20. The summed E-state index contributed by atoms with van der Waals surface area (Å²) >= 11 is 0. The first-order valence-corrected chi connectivity index (χ1v) is 8.47. The monoisotopic (exact) mass is 361 g/mol. The normalized spacial score (nSPS) is 11.7. The van der Waals surface area contributed by atoms with E-state index >= 15 is 0 Å². The van der Waals surface area contributed by atoms with Gasteiger partial charge in [-0.05, 0) is 37.6 Å². The second kappa shape index (κ2) is 9.67. The SMILES string of the molecule is CCCNC(=O)N(c1ccc(F)cc1)c1ccnc(N[C@@H](C)COC)n1. The number of urea groups is 1. The van der Waals surface area contributed by atoms with Crippen molar-refractivity contribution >= 4 is 23.5 Å². The summed E-state index contributed by atoms with van der Waals surface area (Å²) in [6.07, 6.45) is 2.36. The van der Waals surface area contributed by atoms with E-state index in [1.807, 2.05) is 13.8 Å². The summed E-state index contributed by atoms with van der Waals surface area (Å²) in [5.74, 6) is 0.385. The van der Waals surface area contributed by atoms with Gasteiger partial charge in [-0.15, -0.1) is 0 Å². The van der Waals surface area contributed by atoms with Gasteiger partial charge >= 0.3 is 6.03 Å². The van der Waals surface area contributed by atoms with Crippen LogP contribution in [0.5, 0.6) is 0 Å². The lowest BCUT2D eigenvalue weighted by molar-refractivity contribution is 0.190. The summed E-state index contributed by atoms with van der Waals surface area (Å²) in [7, 11) is 1.61. The van der Waals surface area contributed by atoms with Crippen LogP contribution in [0.2, 0.25) is 0 Å². The third-order valence-electron chi connectivity index (χ3n) is 3.48. The molecule has 0 fully saturated rings. The van der Waals surface area contributed by atoms with Crippen LogP contribution in [0.1, 0.15) is 20.3 Å². The number of amides is 2. The first-order valence-electron chi connectivity index (χ1n) is 8.47. The highest BCUT2D eigenvalue weighted by atomic mass is 19.1. The predicted molar refractivity (Wildman–Crippen MR) is 99.2 cm³/mol. The van der Waals surface area contributed by atoms with E-state index in [1.54, 1.807) is 19.4 Å². The van der Waals surface area contributed by atoms with Crippen molar-refractivity contribution < 1.29 is 13.9 Å². The topological polar surface area (TPSA) is 79.4 Å². The molecule has 2 aromatic rings. The molecule has 1 atom stereocenters. The van der Waals surface area contributed by atoms with Gasteiger partial charge in [-0.3, -0.25) is 0 Å². The van der Waals surface area contributed by atoms with E-state index in [0.29, 0.717) is 30.6 Å². The Morgan fingerprint density at radius 2 is 2.04 bits per heavy atom. The van der Waals surface area contributed by atoms with Crippen LogP contribution in [0, 0.1) is 5.82 Å². The lowest BCUT2D eigenvalue weighted by Crippen LogP contribution is -2.37. The van der Waals surface area contributed by atoms with Crippen LogP contribution in [0.25, 0.3) is 0 Å². The maximum atomic E-state index is 13.3. The number of carbonyl (C=O) groups is 1. The van der Waals surface area contributed by atoms with E-state index in [9.17, 15) is 9.18 Å². The van der Waals surface area contributed by atoms with Gasteiger partial charge in [0.25, 0.3) is 0 Å². The van der Waals surface area contributed by atoms with E-state index in [-0.39, 0.29) is 17.9 Å². The first kappa shape index (κ1) is 19.6. The van der Waals surface area contributed by atoms with Crippen molar-refractivity contribution in [3.63, 3.8) is 0 Å². The van der Waals surface area contributed by atoms with E-state index in [2.05, 4.69) is 20.6 Å². The molecule has 1 aromatic heterocycles. The zero-order valence-electron chi connectivity index (χ0n) is 15.2. The molecule has 2 rings (SSSR count). The Morgan fingerprint density at radius 1 is 1.31 bits per heavy atom. The molecule has 2 N–H and O–H groups in total. The van der Waals surface area contributed by atoms with Gasteiger partial charge in [-0.1, -0.05) is 6.92 Å². The van der Waals surface area contributed by atoms with Crippen molar-refractivity contribution in [1.29, 1.82) is 0 Å². The van der Waals surface area contributed by atoms with Crippen molar-refractivity contribution in [3.05, 3.63) is 42.3 Å². The molecule has 1 aromatic carbocycles. The number of aromatic nitrogens is 2. The maximum absolute atomic E-state index is 13.3. The van der Waals surface area contributed by atoms with Crippen LogP contribution in [0.4, 0.5) is 26.6 Å². The molecule has 0 saturated carbocycles. The number of carbonyl (C=O) groups excluding carboxylic acids is 1. The van der Waals surface area contributed by atoms with Gasteiger partial charge in [0.1, 0.15) is 11.6 Å². The number of rotatable bonds is 8. The van der Waals surface area contributed by atoms with Gasteiger partial charge in [0.2, 0.25) is 5.95 Å². The molecule has 0 saturated heterocycles. The molecule has 0 spiro atoms. The van der Waals surface area contributed by atoms with Gasteiger partial charge in [0.05, 0.1) is 12.3 Å². The van der Waals surface area contributed by atoms with Crippen LogP contribution < -0.4 is 15.5 Å². The first-order chi connectivity index (χ1) is 12.5. The molecule has 0 unspecified atom stereocenters. The van der Waals surface area contributed by atoms with E-state index in [0.717, 1.165) is 6.42 Å². The summed E-state index contributed by atoms with van der Waals surface area (Å²) in [5.41, 5.74) is 0.509. The minimum atomic E-state index is -0.374. The molecule has 1 heterocycles. The standard InChI is InChI=1S/C18H24FN5O2/c1-4-10-21-18(25)24(15-7-5-14(19)6-8-15)16-9-11-20-17(23-16)22-13(2)12-26-3/h5-9,11,13H,4,10,12H2,1-3H3,(H,21,25)(H,20,22,23)/t13-/m0/s1. The summed E-state index contributed by atoms with van der Waals surface area (Å²) in [5, 5.41) is 5.93. The molecule has 7 nitrogen and oxygen atoms in total. The number of hydrogen-bond donors (Lipinski definition) is 2. The molecule has 0 aliphatic heterocycles. The van der Waals surface area contributed by atoms with Crippen molar-refractivity contribution in [3.8, 4) is 0 Å². The van der Waals surface area contributed by atoms with Crippen LogP contribution >= 0.6 is 0 Å². The second-order valence-corrected chi connectivity index (χ2v) is 5.78. The Labute approximate surface area is 152 Å². The number of halogens is 1. The number of methoxy groups -OCH3 is 1. The molecule has 8 heteroatoms. The third-order valence-corrected chi connectivity index (χ3v) is 3.48. The van der Waals surface area contributed by atoms with Crippen molar-refractivity contribution in [2.24, 2.45) is 0 Å². The molecular formula is C18H24FN5O2. The Morgan fingerprint density at radius 3 is 2.69 bits per heavy atom. The molecule has 0 aliphatic carbocycles. The second-order valence-electron chi connectivity index (χ2n) is 5.78. The fourth-order valence-corrected chi connectivity index (χ4v) is 2.31. The molecule has 140 valence electrons. The highest BCUT2D eigenvalue weighted by molar-refractivity contribution is 5.98. The number of hydrogen-bond acceptors (Lipinski definition) is 5. The Bertz CT molecular complexity index is 711. The molecular weight excluding hydrogens is 337 g/mol.